The number of aromatic nitrogens is 1. The standard InChI is InChI=1S/C38H57N5O8S/c1-10-23(4)33(41-35(47)31-18-28(45)20-42(31)7)37(48)43(8)30(22(2)3)19-32(51-25(6)44)36-40-29(21-52-36)34(46)39-27(16-24(5)38(49)50-9)17-26-14-12-11-13-15-26/h11-15,21-24,27-28,30-33,45H,10,16-20H2,1-9H3,(H,39,46)(H,41,47)/t23-,24-,27+,28+,30+,31-,32+,33-/m0/s1. The number of thiazole rings is 1. The first-order valence-electron chi connectivity index (χ1n) is 18.1. The normalized spacial score (nSPS) is 19.5. The number of likely N-dealkylation sites (tertiary alicyclic amines) is 1. The van der Waals surface area contributed by atoms with E-state index in [1.54, 1.807) is 36.2 Å². The second-order valence-corrected chi connectivity index (χ2v) is 15.3. The van der Waals surface area contributed by atoms with Crippen molar-refractivity contribution in [3.8, 4) is 0 Å². The van der Waals surface area contributed by atoms with Gasteiger partial charge >= 0.3 is 11.9 Å². The molecule has 1 saturated heterocycles. The molecule has 3 amide bonds. The molecule has 1 aromatic carbocycles. The van der Waals surface area contributed by atoms with Crippen molar-refractivity contribution in [2.24, 2.45) is 17.8 Å². The summed E-state index contributed by atoms with van der Waals surface area (Å²) in [5.41, 5.74) is 1.14. The van der Waals surface area contributed by atoms with E-state index in [1.807, 2.05) is 58.0 Å². The predicted octanol–water partition coefficient (Wildman–Crippen LogP) is 3.76. The zero-order valence-electron chi connectivity index (χ0n) is 32.0. The van der Waals surface area contributed by atoms with Gasteiger partial charge in [-0.1, -0.05) is 71.4 Å². The Labute approximate surface area is 311 Å². The van der Waals surface area contributed by atoms with Gasteiger partial charge in [-0.05, 0) is 43.7 Å². The second kappa shape index (κ2) is 19.8. The summed E-state index contributed by atoms with van der Waals surface area (Å²) in [6.45, 7) is 11.2. The third-order valence-corrected chi connectivity index (χ3v) is 10.9. The average Bonchev–Trinajstić information content (AvgIpc) is 3.73. The summed E-state index contributed by atoms with van der Waals surface area (Å²) in [6.07, 6.45) is 0.549. The predicted molar refractivity (Wildman–Crippen MR) is 198 cm³/mol. The highest BCUT2D eigenvalue weighted by Gasteiger charge is 2.39. The van der Waals surface area contributed by atoms with Crippen molar-refractivity contribution >= 4 is 41.0 Å². The van der Waals surface area contributed by atoms with Crippen LogP contribution in [-0.2, 0) is 35.1 Å². The van der Waals surface area contributed by atoms with Gasteiger partial charge in [-0.3, -0.25) is 28.9 Å². The molecule has 0 bridgehead atoms. The summed E-state index contributed by atoms with van der Waals surface area (Å²) in [5, 5.41) is 18.1. The number of hydrogen-bond acceptors (Lipinski definition) is 11. The highest BCUT2D eigenvalue weighted by atomic mass is 32.1. The minimum absolute atomic E-state index is 0.0744. The van der Waals surface area contributed by atoms with Crippen LogP contribution in [0, 0.1) is 17.8 Å². The Hall–Kier alpha value is -3.88. The molecule has 8 atom stereocenters. The maximum absolute atomic E-state index is 14.1. The maximum atomic E-state index is 14.1. The molecule has 1 aromatic heterocycles. The van der Waals surface area contributed by atoms with Crippen LogP contribution in [0.5, 0.6) is 0 Å². The van der Waals surface area contributed by atoms with E-state index < -0.39 is 48.1 Å². The number of carbonyl (C=O) groups is 5. The molecule has 3 rings (SSSR count). The van der Waals surface area contributed by atoms with Crippen molar-refractivity contribution < 1.29 is 38.6 Å². The number of methoxy groups -OCH3 is 1. The SMILES string of the molecule is CC[C@H](C)[C@H](NC(=O)[C@@H]1C[C@@H](O)CN1C)C(=O)N(C)[C@H](C[C@@H](OC(C)=O)c1nc(C(=O)N[C@@H](Cc2ccccc2)C[C@H](C)C(=O)OC)cs1)C(C)C. The Morgan fingerprint density at radius 2 is 1.75 bits per heavy atom. The molecule has 2 aromatic rings. The summed E-state index contributed by atoms with van der Waals surface area (Å²) in [4.78, 5) is 73.6. The zero-order chi connectivity index (χ0) is 38.7. The summed E-state index contributed by atoms with van der Waals surface area (Å²) in [7, 11) is 4.80. The van der Waals surface area contributed by atoms with Crippen LogP contribution in [0.2, 0.25) is 0 Å². The Balaban J connectivity index is 1.81. The van der Waals surface area contributed by atoms with E-state index in [-0.39, 0.29) is 47.8 Å². The molecule has 13 nitrogen and oxygen atoms in total. The second-order valence-electron chi connectivity index (χ2n) is 14.4. The molecule has 1 fully saturated rings. The molecule has 2 heterocycles. The highest BCUT2D eigenvalue weighted by molar-refractivity contribution is 7.09. The lowest BCUT2D eigenvalue weighted by molar-refractivity contribution is -0.149. The van der Waals surface area contributed by atoms with Gasteiger partial charge in [0.05, 0.1) is 25.2 Å². The Bertz CT molecular complexity index is 1500. The van der Waals surface area contributed by atoms with Crippen LogP contribution < -0.4 is 10.6 Å². The lowest BCUT2D eigenvalue weighted by Crippen LogP contribution is -2.56. The molecule has 0 aliphatic carbocycles. The minimum Gasteiger partial charge on any atom is -0.469 e. The Morgan fingerprint density at radius 3 is 2.31 bits per heavy atom. The molecule has 3 N–H and O–H groups in total. The Morgan fingerprint density at radius 1 is 1.08 bits per heavy atom. The molecule has 0 unspecified atom stereocenters. The highest BCUT2D eigenvalue weighted by Crippen LogP contribution is 2.31. The van der Waals surface area contributed by atoms with Crippen LogP contribution in [-0.4, -0.2) is 108 Å². The molecular weight excluding hydrogens is 687 g/mol. The van der Waals surface area contributed by atoms with Crippen molar-refractivity contribution in [2.75, 3.05) is 27.7 Å². The van der Waals surface area contributed by atoms with Crippen LogP contribution in [0.15, 0.2) is 35.7 Å². The van der Waals surface area contributed by atoms with E-state index in [1.165, 1.54) is 25.4 Å². The molecule has 1 aliphatic rings. The largest absolute Gasteiger partial charge is 0.469 e. The van der Waals surface area contributed by atoms with E-state index >= 15 is 0 Å². The number of aliphatic hydroxyl groups is 1. The van der Waals surface area contributed by atoms with Gasteiger partial charge in [-0.15, -0.1) is 11.3 Å². The third-order valence-electron chi connectivity index (χ3n) is 9.92. The van der Waals surface area contributed by atoms with Gasteiger partial charge in [0.25, 0.3) is 5.91 Å². The lowest BCUT2D eigenvalue weighted by atomic mass is 9.93. The first-order valence-corrected chi connectivity index (χ1v) is 18.9. The molecule has 14 heteroatoms. The Kier molecular flexibility index (Phi) is 16.2. The molecule has 288 valence electrons. The fourth-order valence-corrected chi connectivity index (χ4v) is 7.55. The van der Waals surface area contributed by atoms with Crippen LogP contribution in [0.1, 0.15) is 94.4 Å². The minimum atomic E-state index is -0.851. The summed E-state index contributed by atoms with van der Waals surface area (Å²) in [5.74, 6) is -2.59. The summed E-state index contributed by atoms with van der Waals surface area (Å²) in [6, 6.07) is 7.50. The van der Waals surface area contributed by atoms with E-state index in [9.17, 15) is 29.1 Å². The van der Waals surface area contributed by atoms with E-state index in [0.717, 1.165) is 5.56 Å². The van der Waals surface area contributed by atoms with E-state index in [4.69, 9.17) is 9.47 Å². The van der Waals surface area contributed by atoms with Crippen LogP contribution in [0.3, 0.4) is 0 Å². The number of β-amino-alcohol motifs (C(OH)–C–C–N with tert-alkyl or cyclic N) is 1. The van der Waals surface area contributed by atoms with Gasteiger partial charge in [0.15, 0.2) is 6.10 Å². The summed E-state index contributed by atoms with van der Waals surface area (Å²) < 4.78 is 10.7. The number of ether oxygens (including phenoxy) is 2. The molecular formula is C38H57N5O8S. The first kappa shape index (κ1) is 42.5. The van der Waals surface area contributed by atoms with E-state index in [2.05, 4.69) is 15.6 Å². The fraction of sp³-hybridized carbons (Fsp3) is 0.632. The van der Waals surface area contributed by atoms with Crippen molar-refractivity contribution in [1.29, 1.82) is 0 Å². The van der Waals surface area contributed by atoms with Crippen LogP contribution in [0.25, 0.3) is 0 Å². The first-order chi connectivity index (χ1) is 24.6. The van der Waals surface area contributed by atoms with Crippen molar-refractivity contribution in [1.82, 2.24) is 25.4 Å². The number of nitrogens with one attached hydrogen (secondary N) is 2. The van der Waals surface area contributed by atoms with E-state index in [0.29, 0.717) is 37.2 Å². The van der Waals surface area contributed by atoms with Crippen molar-refractivity contribution in [3.63, 3.8) is 0 Å². The number of aliphatic hydroxyl groups excluding tert-OH is 1. The number of rotatable bonds is 18. The smallest absolute Gasteiger partial charge is 0.308 e. The van der Waals surface area contributed by atoms with Crippen LogP contribution >= 0.6 is 11.3 Å². The quantitative estimate of drug-likeness (QED) is 0.191. The average molecular weight is 744 g/mol. The lowest BCUT2D eigenvalue weighted by Gasteiger charge is -2.37. The number of carbonyl (C=O) groups excluding carboxylic acids is 5. The monoisotopic (exact) mass is 743 g/mol. The summed E-state index contributed by atoms with van der Waals surface area (Å²) >= 11 is 1.18. The maximum Gasteiger partial charge on any atom is 0.308 e. The zero-order valence-corrected chi connectivity index (χ0v) is 32.8. The number of benzene rings is 1. The number of esters is 2. The molecule has 0 saturated carbocycles. The molecule has 0 radical (unpaired) electrons. The number of likely N-dealkylation sites (N-methyl/N-ethyl adjacent to an activating group) is 2. The van der Waals surface area contributed by atoms with Gasteiger partial charge in [-0.25, -0.2) is 4.98 Å². The fourth-order valence-electron chi connectivity index (χ4n) is 6.71. The van der Waals surface area contributed by atoms with Gasteiger partial charge in [0, 0.05) is 44.4 Å². The van der Waals surface area contributed by atoms with Gasteiger partial charge in [-0.2, -0.15) is 0 Å². The molecule has 52 heavy (non-hydrogen) atoms. The molecule has 1 aliphatic heterocycles. The van der Waals surface area contributed by atoms with Crippen LogP contribution in [0.4, 0.5) is 0 Å². The van der Waals surface area contributed by atoms with Crippen molar-refractivity contribution in [2.45, 2.75) is 110 Å². The third kappa shape index (κ3) is 11.8. The van der Waals surface area contributed by atoms with Crippen molar-refractivity contribution in [3.05, 3.63) is 52.0 Å². The number of amides is 3. The topological polar surface area (TPSA) is 167 Å². The number of nitrogens with zero attached hydrogens (tertiary/aromatic N) is 3. The van der Waals surface area contributed by atoms with Gasteiger partial charge < -0.3 is 30.1 Å². The van der Waals surface area contributed by atoms with Gasteiger partial charge in [0.1, 0.15) is 16.7 Å². The number of hydrogen-bond donors (Lipinski definition) is 3. The van der Waals surface area contributed by atoms with Gasteiger partial charge in [0.2, 0.25) is 11.8 Å². The molecule has 0 spiro atoms.